The van der Waals surface area contributed by atoms with Crippen LogP contribution in [0.5, 0.6) is 11.5 Å². The fourth-order valence-corrected chi connectivity index (χ4v) is 6.79. The second-order valence-electron chi connectivity index (χ2n) is 18.1. The van der Waals surface area contributed by atoms with Gasteiger partial charge >= 0.3 is 5.97 Å². The van der Waals surface area contributed by atoms with Crippen molar-refractivity contribution in [3.05, 3.63) is 131 Å². The molecule has 0 bridgehead atoms. The van der Waals surface area contributed by atoms with Crippen LogP contribution in [0.25, 0.3) is 32.3 Å². The Morgan fingerprint density at radius 3 is 1.28 bits per heavy atom. The second-order valence-corrected chi connectivity index (χ2v) is 18.1. The predicted molar refractivity (Wildman–Crippen MR) is 255 cm³/mol. The Hall–Kier alpha value is -4.87. The van der Waals surface area contributed by atoms with Crippen LogP contribution in [-0.2, 0) is 9.47 Å². The predicted octanol–water partition coefficient (Wildman–Crippen LogP) is 16.0. The molecule has 0 spiro atoms. The topological polar surface area (TPSA) is 54.0 Å². The Balaban J connectivity index is 0.000000199. The van der Waals surface area contributed by atoms with E-state index >= 15 is 0 Å². The Morgan fingerprint density at radius 2 is 0.867 bits per heavy atom. The number of rotatable bonds is 12. The van der Waals surface area contributed by atoms with Crippen LogP contribution >= 0.6 is 0 Å². The van der Waals surface area contributed by atoms with E-state index < -0.39 is 5.60 Å². The highest BCUT2D eigenvalue weighted by molar-refractivity contribution is 5.95. The highest BCUT2D eigenvalue weighted by Crippen LogP contribution is 2.30. The van der Waals surface area contributed by atoms with E-state index in [4.69, 9.17) is 18.9 Å². The van der Waals surface area contributed by atoms with Crippen LogP contribution in [0.4, 0.5) is 0 Å². The molecule has 0 fully saturated rings. The molecule has 0 aromatic heterocycles. The fraction of sp³-hybridized carbons (Fsp3) is 0.436. The van der Waals surface area contributed by atoms with Crippen molar-refractivity contribution in [3.63, 3.8) is 0 Å². The van der Waals surface area contributed by atoms with E-state index in [1.54, 1.807) is 0 Å². The van der Waals surface area contributed by atoms with E-state index in [1.165, 1.54) is 56.5 Å². The summed E-state index contributed by atoms with van der Waals surface area (Å²) in [4.78, 5) is 12.1. The molecule has 5 nitrogen and oxygen atoms in total. The molecule has 0 heterocycles. The largest absolute Gasteiger partial charge is 0.488 e. The van der Waals surface area contributed by atoms with Crippen LogP contribution < -0.4 is 9.47 Å². The number of carbonyl (C=O) groups is 1. The average Bonchev–Trinajstić information content (AvgIpc) is 3.21. The normalized spacial score (nSPS) is 13.6. The zero-order valence-electron chi connectivity index (χ0n) is 39.1. The van der Waals surface area contributed by atoms with Gasteiger partial charge in [0.1, 0.15) is 22.7 Å². The molecule has 0 aliphatic rings. The first-order valence-corrected chi connectivity index (χ1v) is 22.1. The fourth-order valence-electron chi connectivity index (χ4n) is 6.79. The zero-order chi connectivity index (χ0) is 44.2. The molecule has 0 amide bonds. The molecule has 0 radical (unpaired) electrons. The molecular formula is C55H72O5. The van der Waals surface area contributed by atoms with Gasteiger partial charge in [0.15, 0.2) is 6.29 Å². The molecule has 322 valence electrons. The van der Waals surface area contributed by atoms with Crippen molar-refractivity contribution in [2.24, 2.45) is 0 Å². The minimum absolute atomic E-state index is 0.148. The van der Waals surface area contributed by atoms with Gasteiger partial charge in [-0.2, -0.15) is 0 Å². The number of carbonyl (C=O) groups excluding carboxylic acids is 1. The molecule has 0 aliphatic carbocycles. The van der Waals surface area contributed by atoms with Gasteiger partial charge in [-0.1, -0.05) is 114 Å². The van der Waals surface area contributed by atoms with Gasteiger partial charge in [-0.15, -0.1) is 0 Å². The van der Waals surface area contributed by atoms with Crippen molar-refractivity contribution < 1.29 is 23.7 Å². The Labute approximate surface area is 361 Å². The van der Waals surface area contributed by atoms with Crippen LogP contribution in [-0.4, -0.2) is 30.1 Å². The Bertz CT molecular complexity index is 2290. The summed E-state index contributed by atoms with van der Waals surface area (Å²) in [5.74, 6) is 3.31. The van der Waals surface area contributed by atoms with Gasteiger partial charge in [-0.25, -0.2) is 4.79 Å². The maximum Gasteiger partial charge on any atom is 0.338 e. The number of hydrogen-bond donors (Lipinski definition) is 0. The first kappa shape index (κ1) is 47.8. The van der Waals surface area contributed by atoms with E-state index in [1.807, 2.05) is 58.9 Å². The molecule has 4 atom stereocenters. The lowest BCUT2D eigenvalue weighted by Gasteiger charge is -2.21. The summed E-state index contributed by atoms with van der Waals surface area (Å²) >= 11 is 0. The number of fused-ring (bicyclic) bond motifs is 3. The van der Waals surface area contributed by atoms with E-state index in [2.05, 4.69) is 147 Å². The van der Waals surface area contributed by atoms with Crippen LogP contribution in [0.3, 0.4) is 0 Å². The number of hydrogen-bond acceptors (Lipinski definition) is 5. The van der Waals surface area contributed by atoms with Crippen LogP contribution in [0.15, 0.2) is 109 Å². The molecule has 0 aliphatic heterocycles. The van der Waals surface area contributed by atoms with Crippen molar-refractivity contribution in [2.45, 2.75) is 151 Å². The summed E-state index contributed by atoms with van der Waals surface area (Å²) in [6.07, 6.45) is 3.26. The third kappa shape index (κ3) is 14.4. The van der Waals surface area contributed by atoms with Crippen molar-refractivity contribution in [1.82, 2.24) is 0 Å². The zero-order valence-corrected chi connectivity index (χ0v) is 39.1. The number of benzene rings is 6. The molecule has 4 unspecified atom stereocenters. The van der Waals surface area contributed by atoms with Crippen LogP contribution in [0.1, 0.15) is 161 Å². The smallest absolute Gasteiger partial charge is 0.338 e. The SMILES string of the molecule is CCC(C)c1ccc2cc(C(=O)OC(C)(C)C)ccc2c1.CCC(C)c1ccc2cc(OC(C)(C)C)ccc2c1.CCOC(C)Oc1ccc2cc(C(C)CC)ccc2c1. The highest BCUT2D eigenvalue weighted by Gasteiger charge is 2.18. The monoisotopic (exact) mass is 813 g/mol. The maximum atomic E-state index is 12.1. The van der Waals surface area contributed by atoms with E-state index in [0.29, 0.717) is 29.9 Å². The lowest BCUT2D eigenvalue weighted by molar-refractivity contribution is -0.0612. The third-order valence-electron chi connectivity index (χ3n) is 10.8. The molecule has 60 heavy (non-hydrogen) atoms. The van der Waals surface area contributed by atoms with Crippen LogP contribution in [0, 0.1) is 0 Å². The standard InChI is InChI=1S/C19H24O2.C18H24O2.C18H24O/c1-6-13(2)14-7-8-16-12-17(10-9-15(16)11-14)18(20)21-19(3,4)5;1-5-13(3)15-7-8-17-12-18(10-9-16(17)11-15)20-14(4)19-6-2;1-6-13(2)14-7-8-16-12-17(19-18(3,4)5)10-9-15(16)11-14/h7-13H,6H2,1-5H3;7-14H,5-6H2,1-4H3;7-13H,6H2,1-5H3. The molecule has 6 aromatic carbocycles. The molecular weight excluding hydrogens is 741 g/mol. The first-order valence-electron chi connectivity index (χ1n) is 22.1. The minimum Gasteiger partial charge on any atom is -0.488 e. The molecule has 6 rings (SSSR count). The molecule has 0 saturated carbocycles. The second kappa shape index (κ2) is 21.6. The molecule has 5 heteroatoms. The lowest BCUT2D eigenvalue weighted by Crippen LogP contribution is -2.23. The van der Waals surface area contributed by atoms with Gasteiger partial charge in [-0.05, 0) is 178 Å². The van der Waals surface area contributed by atoms with Crippen molar-refractivity contribution in [3.8, 4) is 11.5 Å². The Morgan fingerprint density at radius 1 is 0.483 bits per heavy atom. The van der Waals surface area contributed by atoms with E-state index in [9.17, 15) is 4.79 Å². The maximum absolute atomic E-state index is 12.1. The van der Waals surface area contributed by atoms with Crippen LogP contribution in [0.2, 0.25) is 0 Å². The first-order chi connectivity index (χ1) is 28.3. The molecule has 0 saturated heterocycles. The van der Waals surface area contributed by atoms with Gasteiger partial charge in [0.2, 0.25) is 0 Å². The quantitative estimate of drug-likeness (QED) is 0.0910. The van der Waals surface area contributed by atoms with Gasteiger partial charge in [0.25, 0.3) is 0 Å². The van der Waals surface area contributed by atoms with Gasteiger partial charge < -0.3 is 18.9 Å². The minimum atomic E-state index is -0.466. The summed E-state index contributed by atoms with van der Waals surface area (Å²) in [6.45, 7) is 29.8. The van der Waals surface area contributed by atoms with Crippen molar-refractivity contribution >= 4 is 38.3 Å². The lowest BCUT2D eigenvalue weighted by atomic mass is 9.95. The summed E-state index contributed by atoms with van der Waals surface area (Å²) in [7, 11) is 0. The van der Waals surface area contributed by atoms with E-state index in [-0.39, 0.29) is 17.9 Å². The summed E-state index contributed by atoms with van der Waals surface area (Å²) in [5.41, 5.74) is 4.15. The summed E-state index contributed by atoms with van der Waals surface area (Å²) in [6, 6.07) is 38.1. The number of ether oxygens (including phenoxy) is 4. The summed E-state index contributed by atoms with van der Waals surface area (Å²) in [5, 5.41) is 7.25. The van der Waals surface area contributed by atoms with Crippen molar-refractivity contribution in [1.29, 1.82) is 0 Å². The van der Waals surface area contributed by atoms with Gasteiger partial charge in [0.05, 0.1) is 5.56 Å². The molecule has 0 N–H and O–H groups in total. The average molecular weight is 813 g/mol. The van der Waals surface area contributed by atoms with E-state index in [0.717, 1.165) is 23.3 Å². The van der Waals surface area contributed by atoms with Crippen molar-refractivity contribution in [2.75, 3.05) is 6.61 Å². The molecule has 6 aromatic rings. The Kier molecular flexibility index (Phi) is 17.2. The van der Waals surface area contributed by atoms with Gasteiger partial charge in [-0.3, -0.25) is 0 Å². The third-order valence-corrected chi connectivity index (χ3v) is 10.8. The summed E-state index contributed by atoms with van der Waals surface area (Å²) < 4.78 is 22.5. The van der Waals surface area contributed by atoms with Gasteiger partial charge in [0, 0.05) is 6.61 Å². The highest BCUT2D eigenvalue weighted by atomic mass is 16.7. The number of esters is 1.